The van der Waals surface area contributed by atoms with Gasteiger partial charge in [0.2, 0.25) is 0 Å². The van der Waals surface area contributed by atoms with Crippen molar-refractivity contribution in [3.63, 3.8) is 0 Å². The fourth-order valence-corrected chi connectivity index (χ4v) is 2.38. The Morgan fingerprint density at radius 1 is 1.19 bits per heavy atom. The monoisotopic (exact) mass is 291 g/mol. The van der Waals surface area contributed by atoms with Gasteiger partial charge in [-0.25, -0.2) is 0 Å². The molecule has 1 aliphatic heterocycles. The molecule has 1 heterocycles. The van der Waals surface area contributed by atoms with Gasteiger partial charge in [-0.3, -0.25) is 9.59 Å². The van der Waals surface area contributed by atoms with Crippen LogP contribution in [0.2, 0.25) is 0 Å². The fraction of sp³-hybridized carbons (Fsp3) is 0.500. The van der Waals surface area contributed by atoms with Gasteiger partial charge in [0.05, 0.1) is 12.5 Å². The number of likely N-dealkylation sites (tertiary alicyclic amines) is 1. The van der Waals surface area contributed by atoms with Crippen LogP contribution >= 0.6 is 0 Å². The number of esters is 1. The third kappa shape index (κ3) is 4.48. The van der Waals surface area contributed by atoms with Crippen molar-refractivity contribution in [3.05, 3.63) is 30.3 Å². The van der Waals surface area contributed by atoms with Crippen molar-refractivity contribution >= 4 is 11.9 Å². The molecule has 0 bridgehead atoms. The van der Waals surface area contributed by atoms with Crippen molar-refractivity contribution in [2.24, 2.45) is 5.92 Å². The van der Waals surface area contributed by atoms with Gasteiger partial charge in [-0.15, -0.1) is 0 Å². The van der Waals surface area contributed by atoms with E-state index in [9.17, 15) is 9.59 Å². The highest BCUT2D eigenvalue weighted by Gasteiger charge is 2.28. The highest BCUT2D eigenvalue weighted by molar-refractivity contribution is 5.78. The molecule has 0 atom stereocenters. The van der Waals surface area contributed by atoms with Crippen molar-refractivity contribution in [1.29, 1.82) is 0 Å². The summed E-state index contributed by atoms with van der Waals surface area (Å²) in [7, 11) is 0. The van der Waals surface area contributed by atoms with Crippen LogP contribution in [0.25, 0.3) is 0 Å². The molecule has 2 rings (SSSR count). The highest BCUT2D eigenvalue weighted by atomic mass is 16.5. The number of para-hydroxylation sites is 1. The first-order valence-electron chi connectivity index (χ1n) is 7.33. The standard InChI is InChI=1S/C16H21NO4/c1-2-20-16(19)13-8-10-17(11-9-13)15(18)12-21-14-6-4-3-5-7-14/h3-7,13H,2,8-12H2,1H3. The molecule has 0 saturated carbocycles. The van der Waals surface area contributed by atoms with E-state index in [2.05, 4.69) is 0 Å². The van der Waals surface area contributed by atoms with Crippen molar-refractivity contribution in [2.75, 3.05) is 26.3 Å². The summed E-state index contributed by atoms with van der Waals surface area (Å²) in [5.74, 6) is 0.419. The summed E-state index contributed by atoms with van der Waals surface area (Å²) in [4.78, 5) is 25.4. The van der Waals surface area contributed by atoms with Crippen LogP contribution in [0.5, 0.6) is 5.75 Å². The number of piperidine rings is 1. The first-order valence-corrected chi connectivity index (χ1v) is 7.33. The van der Waals surface area contributed by atoms with Crippen molar-refractivity contribution in [2.45, 2.75) is 19.8 Å². The number of rotatable bonds is 5. The number of carbonyl (C=O) groups excluding carboxylic acids is 2. The lowest BCUT2D eigenvalue weighted by Gasteiger charge is -2.30. The smallest absolute Gasteiger partial charge is 0.309 e. The Morgan fingerprint density at radius 3 is 2.48 bits per heavy atom. The number of carbonyl (C=O) groups is 2. The quantitative estimate of drug-likeness (QED) is 0.777. The van der Waals surface area contributed by atoms with E-state index in [1.807, 2.05) is 30.3 Å². The van der Waals surface area contributed by atoms with Gasteiger partial charge in [0.1, 0.15) is 5.75 Å². The van der Waals surface area contributed by atoms with Crippen LogP contribution in [0, 0.1) is 5.92 Å². The van der Waals surface area contributed by atoms with E-state index in [1.165, 1.54) is 0 Å². The molecule has 0 spiro atoms. The lowest BCUT2D eigenvalue weighted by molar-refractivity contribution is -0.151. The zero-order valence-corrected chi connectivity index (χ0v) is 12.3. The summed E-state index contributed by atoms with van der Waals surface area (Å²) in [6.45, 7) is 3.41. The van der Waals surface area contributed by atoms with E-state index in [1.54, 1.807) is 11.8 Å². The Hall–Kier alpha value is -2.04. The van der Waals surface area contributed by atoms with E-state index in [0.717, 1.165) is 0 Å². The summed E-state index contributed by atoms with van der Waals surface area (Å²) in [6, 6.07) is 9.27. The van der Waals surface area contributed by atoms with E-state index in [4.69, 9.17) is 9.47 Å². The van der Waals surface area contributed by atoms with Gasteiger partial charge in [-0.05, 0) is 31.9 Å². The molecule has 5 heteroatoms. The predicted molar refractivity (Wildman–Crippen MR) is 77.9 cm³/mol. The summed E-state index contributed by atoms with van der Waals surface area (Å²) in [5, 5.41) is 0. The minimum atomic E-state index is -0.148. The third-order valence-electron chi connectivity index (χ3n) is 3.57. The largest absolute Gasteiger partial charge is 0.484 e. The molecule has 0 unspecified atom stereocenters. The first-order chi connectivity index (χ1) is 10.2. The molecule has 0 N–H and O–H groups in total. The van der Waals surface area contributed by atoms with Crippen LogP contribution in [0.4, 0.5) is 0 Å². The maximum absolute atomic E-state index is 12.1. The molecule has 1 aromatic carbocycles. The van der Waals surface area contributed by atoms with Crippen molar-refractivity contribution in [1.82, 2.24) is 4.90 Å². The number of ether oxygens (including phenoxy) is 2. The average Bonchev–Trinajstić information content (AvgIpc) is 2.54. The average molecular weight is 291 g/mol. The van der Waals surface area contributed by atoms with Crippen LogP contribution in [0.15, 0.2) is 30.3 Å². The second-order valence-electron chi connectivity index (χ2n) is 5.01. The summed E-state index contributed by atoms with van der Waals surface area (Å²) in [6.07, 6.45) is 1.33. The zero-order valence-electron chi connectivity index (χ0n) is 12.3. The van der Waals surface area contributed by atoms with Crippen LogP contribution in [-0.2, 0) is 14.3 Å². The number of hydrogen-bond donors (Lipinski definition) is 0. The number of amides is 1. The maximum Gasteiger partial charge on any atom is 0.309 e. The molecule has 1 saturated heterocycles. The van der Waals surface area contributed by atoms with Crippen LogP contribution in [-0.4, -0.2) is 43.1 Å². The van der Waals surface area contributed by atoms with Crippen LogP contribution in [0.1, 0.15) is 19.8 Å². The molecule has 1 aromatic rings. The van der Waals surface area contributed by atoms with Crippen molar-refractivity contribution in [3.8, 4) is 5.75 Å². The second-order valence-corrected chi connectivity index (χ2v) is 5.01. The topological polar surface area (TPSA) is 55.8 Å². The highest BCUT2D eigenvalue weighted by Crippen LogP contribution is 2.19. The first kappa shape index (κ1) is 15.4. The summed E-state index contributed by atoms with van der Waals surface area (Å²) >= 11 is 0. The van der Waals surface area contributed by atoms with E-state index in [-0.39, 0.29) is 24.4 Å². The Kier molecular flexibility index (Phi) is 5.60. The maximum atomic E-state index is 12.1. The molecule has 1 amide bonds. The van der Waals surface area contributed by atoms with Gasteiger partial charge in [0.15, 0.2) is 6.61 Å². The molecule has 21 heavy (non-hydrogen) atoms. The SMILES string of the molecule is CCOC(=O)C1CCN(C(=O)COc2ccccc2)CC1. The lowest BCUT2D eigenvalue weighted by atomic mass is 9.97. The van der Waals surface area contributed by atoms with Gasteiger partial charge in [-0.1, -0.05) is 18.2 Å². The van der Waals surface area contributed by atoms with Crippen LogP contribution in [0.3, 0.4) is 0 Å². The van der Waals surface area contributed by atoms with Gasteiger partial charge in [0.25, 0.3) is 5.91 Å². The molecule has 1 fully saturated rings. The molecule has 0 radical (unpaired) electrons. The van der Waals surface area contributed by atoms with E-state index < -0.39 is 0 Å². The van der Waals surface area contributed by atoms with Gasteiger partial charge in [-0.2, -0.15) is 0 Å². The Balaban J connectivity index is 1.74. The third-order valence-corrected chi connectivity index (χ3v) is 3.57. The van der Waals surface area contributed by atoms with Crippen molar-refractivity contribution < 1.29 is 19.1 Å². The minimum absolute atomic E-state index is 0.0358. The number of benzene rings is 1. The van der Waals surface area contributed by atoms with Gasteiger partial charge < -0.3 is 14.4 Å². The fourth-order valence-electron chi connectivity index (χ4n) is 2.38. The normalized spacial score (nSPS) is 15.6. The molecular weight excluding hydrogens is 270 g/mol. The number of nitrogens with zero attached hydrogens (tertiary/aromatic N) is 1. The molecule has 1 aliphatic rings. The Labute approximate surface area is 124 Å². The molecule has 0 aliphatic carbocycles. The van der Waals surface area contributed by atoms with Gasteiger partial charge >= 0.3 is 5.97 Å². The van der Waals surface area contributed by atoms with E-state index in [0.29, 0.717) is 38.3 Å². The Bertz CT molecular complexity index is 466. The minimum Gasteiger partial charge on any atom is -0.484 e. The second kappa shape index (κ2) is 7.67. The number of hydrogen-bond acceptors (Lipinski definition) is 4. The molecule has 5 nitrogen and oxygen atoms in total. The summed E-state index contributed by atoms with van der Waals surface area (Å²) in [5.41, 5.74) is 0. The zero-order chi connectivity index (χ0) is 15.1. The lowest BCUT2D eigenvalue weighted by Crippen LogP contribution is -2.42. The van der Waals surface area contributed by atoms with Crippen LogP contribution < -0.4 is 4.74 Å². The summed E-state index contributed by atoms with van der Waals surface area (Å²) < 4.78 is 10.5. The predicted octanol–water partition coefficient (Wildman–Crippen LogP) is 1.87. The van der Waals surface area contributed by atoms with Gasteiger partial charge in [0, 0.05) is 13.1 Å². The molecule has 0 aromatic heterocycles. The Morgan fingerprint density at radius 2 is 1.86 bits per heavy atom. The van der Waals surface area contributed by atoms with E-state index >= 15 is 0 Å². The molecule has 114 valence electrons. The molecular formula is C16H21NO4.